The molecule has 0 aliphatic heterocycles. The normalized spacial score (nSPS) is 17.4. The maximum Gasteiger partial charge on any atom is 0.229 e. The molecule has 2 unspecified atom stereocenters. The van der Waals surface area contributed by atoms with Gasteiger partial charge in [0.2, 0.25) is 16.9 Å². The first-order valence-corrected chi connectivity index (χ1v) is 16.3. The molecule has 1 aromatic carbocycles. The molecule has 0 spiro atoms. The second-order valence-corrected chi connectivity index (χ2v) is 13.4. The number of hydrogen-bond acceptors (Lipinski definition) is 9. The lowest BCUT2D eigenvalue weighted by Gasteiger charge is -2.19. The zero-order valence-electron chi connectivity index (χ0n) is 23.4. The van der Waals surface area contributed by atoms with Crippen molar-refractivity contribution in [3.63, 3.8) is 0 Å². The Balaban J connectivity index is 1.35. The van der Waals surface area contributed by atoms with E-state index in [-0.39, 0.29) is 35.7 Å². The summed E-state index contributed by atoms with van der Waals surface area (Å²) in [7, 11) is -3.16. The fraction of sp³-hybridized carbons (Fsp3) is 0.379. The number of carbonyl (C=O) groups excluding carboxylic acids is 2. The highest BCUT2D eigenvalue weighted by Crippen LogP contribution is 2.24. The Hall–Kier alpha value is -3.77. The average Bonchev–Trinajstić information content (AvgIpc) is 3.32. The number of hydrogen-bond donors (Lipinski definition) is 4. The van der Waals surface area contributed by atoms with Gasteiger partial charge in [-0.2, -0.15) is 0 Å². The van der Waals surface area contributed by atoms with Crippen LogP contribution in [0.1, 0.15) is 48.7 Å². The van der Waals surface area contributed by atoms with Crippen LogP contribution in [0, 0.1) is 11.8 Å². The van der Waals surface area contributed by atoms with Gasteiger partial charge in [-0.15, -0.1) is 10.2 Å². The number of rotatable bonds is 14. The number of aryl methyl sites for hydroxylation is 1. The molecule has 6 N–H and O–H groups in total. The van der Waals surface area contributed by atoms with Crippen LogP contribution in [0.25, 0.3) is 0 Å². The maximum absolute atomic E-state index is 12.4. The predicted molar refractivity (Wildman–Crippen MR) is 163 cm³/mol. The first kappa shape index (κ1) is 31.8. The van der Waals surface area contributed by atoms with Crippen molar-refractivity contribution in [1.29, 1.82) is 0 Å². The summed E-state index contributed by atoms with van der Waals surface area (Å²) in [5.74, 6) is 0.222. The van der Waals surface area contributed by atoms with Crippen molar-refractivity contribution >= 4 is 38.1 Å². The molecule has 2 amide bonds. The first-order valence-electron chi connectivity index (χ1n) is 13.4. The third kappa shape index (κ3) is 12.1. The van der Waals surface area contributed by atoms with Crippen molar-refractivity contribution in [3.8, 4) is 0 Å². The fourth-order valence-electron chi connectivity index (χ4n) is 4.26. The van der Waals surface area contributed by atoms with Crippen LogP contribution in [0.5, 0.6) is 0 Å². The zero-order valence-corrected chi connectivity index (χ0v) is 25.0. The van der Waals surface area contributed by atoms with Crippen LogP contribution in [0.3, 0.4) is 0 Å². The van der Waals surface area contributed by atoms with Gasteiger partial charge in [0.1, 0.15) is 10.8 Å². The second kappa shape index (κ2) is 15.3. The monoisotopic (exact) mass is 598 g/mol. The van der Waals surface area contributed by atoms with Gasteiger partial charge in [-0.1, -0.05) is 66.8 Å². The van der Waals surface area contributed by atoms with Gasteiger partial charge in [0, 0.05) is 24.8 Å². The lowest BCUT2D eigenvalue weighted by molar-refractivity contribution is -0.120. The fourth-order valence-corrected chi connectivity index (χ4v) is 5.84. The number of nitrogens with zero attached hydrogens (tertiary/aromatic N) is 2. The number of unbranched alkanes of at least 4 members (excludes halogenated alkanes) is 1. The summed E-state index contributed by atoms with van der Waals surface area (Å²) in [6.45, 7) is 2.10. The number of anilines is 1. The van der Waals surface area contributed by atoms with Crippen LogP contribution in [0.2, 0.25) is 0 Å². The third-order valence-corrected chi connectivity index (χ3v) is 8.10. The average molecular weight is 599 g/mol. The van der Waals surface area contributed by atoms with Gasteiger partial charge in [0.05, 0.1) is 12.2 Å². The van der Waals surface area contributed by atoms with Gasteiger partial charge in [-0.25, -0.2) is 8.42 Å². The molecule has 1 aliphatic carbocycles. The second-order valence-electron chi connectivity index (χ2n) is 10.2. The molecule has 12 heteroatoms. The Bertz CT molecular complexity index is 1440. The minimum absolute atomic E-state index is 0.0651. The molecule has 220 valence electrons. The molecular weight excluding hydrogens is 560 g/mol. The number of sulfone groups is 1. The Morgan fingerprint density at radius 2 is 1.80 bits per heavy atom. The Morgan fingerprint density at radius 3 is 2.56 bits per heavy atom. The van der Waals surface area contributed by atoms with Gasteiger partial charge in [0.15, 0.2) is 9.84 Å². The highest BCUT2D eigenvalue weighted by Gasteiger charge is 2.19. The van der Waals surface area contributed by atoms with Gasteiger partial charge in [0.25, 0.3) is 0 Å². The number of carbonyl (C=O) groups is 2. The van der Waals surface area contributed by atoms with E-state index in [4.69, 9.17) is 11.5 Å². The topological polar surface area (TPSA) is 170 Å². The van der Waals surface area contributed by atoms with Gasteiger partial charge < -0.3 is 22.1 Å². The smallest absolute Gasteiger partial charge is 0.229 e. The highest BCUT2D eigenvalue weighted by molar-refractivity contribution is 7.89. The summed E-state index contributed by atoms with van der Waals surface area (Å²) in [6, 6.07) is 6.90. The molecule has 2 aromatic rings. The Labute approximate surface area is 245 Å². The number of benzene rings is 1. The van der Waals surface area contributed by atoms with Crippen molar-refractivity contribution in [2.75, 3.05) is 11.6 Å². The van der Waals surface area contributed by atoms with Crippen LogP contribution in [-0.4, -0.2) is 36.7 Å². The summed E-state index contributed by atoms with van der Waals surface area (Å²) in [6.07, 6.45) is 16.0. The highest BCUT2D eigenvalue weighted by atomic mass is 32.2. The minimum Gasteiger partial charge on any atom is -0.402 e. The van der Waals surface area contributed by atoms with E-state index in [2.05, 4.69) is 39.9 Å². The molecule has 0 fully saturated rings. The molecule has 2 atom stereocenters. The van der Waals surface area contributed by atoms with E-state index in [0.717, 1.165) is 24.3 Å². The number of nitrogens with two attached hydrogens (primary N) is 2. The lowest BCUT2D eigenvalue weighted by Crippen LogP contribution is -2.28. The molecule has 41 heavy (non-hydrogen) atoms. The van der Waals surface area contributed by atoms with Crippen LogP contribution in [0.4, 0.5) is 5.13 Å². The number of amides is 2. The summed E-state index contributed by atoms with van der Waals surface area (Å²) < 4.78 is 23.0. The third-order valence-electron chi connectivity index (χ3n) is 6.35. The maximum atomic E-state index is 12.4. The van der Waals surface area contributed by atoms with E-state index in [1.165, 1.54) is 17.6 Å². The van der Waals surface area contributed by atoms with E-state index in [1.807, 2.05) is 12.2 Å². The summed E-state index contributed by atoms with van der Waals surface area (Å²) in [4.78, 5) is 24.7. The summed E-state index contributed by atoms with van der Waals surface area (Å²) in [5, 5.41) is 15.1. The molecule has 0 saturated heterocycles. The van der Waals surface area contributed by atoms with Gasteiger partial charge in [-0.05, 0) is 54.4 Å². The number of nitrogens with one attached hydrogen (secondary N) is 2. The Kier molecular flexibility index (Phi) is 11.8. The molecule has 1 aromatic heterocycles. The quantitative estimate of drug-likeness (QED) is 0.189. The molecule has 1 heterocycles. The van der Waals surface area contributed by atoms with E-state index in [1.54, 1.807) is 36.4 Å². The molecule has 0 bridgehead atoms. The molecule has 0 saturated carbocycles. The van der Waals surface area contributed by atoms with E-state index < -0.39 is 9.84 Å². The van der Waals surface area contributed by atoms with Crippen molar-refractivity contribution in [2.45, 2.75) is 51.2 Å². The van der Waals surface area contributed by atoms with Crippen LogP contribution < -0.4 is 22.1 Å². The van der Waals surface area contributed by atoms with E-state index in [0.29, 0.717) is 40.7 Å². The predicted octanol–water partition coefficient (Wildman–Crippen LogP) is 3.50. The van der Waals surface area contributed by atoms with Gasteiger partial charge >= 0.3 is 0 Å². The molecule has 10 nitrogen and oxygen atoms in total. The summed E-state index contributed by atoms with van der Waals surface area (Å²) in [5.41, 5.74) is 14.0. The van der Waals surface area contributed by atoms with Crippen molar-refractivity contribution in [2.24, 2.45) is 23.3 Å². The first-order chi connectivity index (χ1) is 19.5. The molecule has 3 rings (SSSR count). The minimum atomic E-state index is -3.16. The molecule has 0 radical (unpaired) electrons. The molecular formula is C29H38N6O4S2. The van der Waals surface area contributed by atoms with Gasteiger partial charge in [-0.3, -0.25) is 9.59 Å². The Morgan fingerprint density at radius 1 is 1.05 bits per heavy atom. The van der Waals surface area contributed by atoms with Crippen molar-refractivity contribution < 1.29 is 18.0 Å². The largest absolute Gasteiger partial charge is 0.402 e. The van der Waals surface area contributed by atoms with E-state index in [9.17, 15) is 18.0 Å². The lowest BCUT2D eigenvalue weighted by atomic mass is 9.87. The number of allylic oxidation sites excluding steroid dienone is 7. The van der Waals surface area contributed by atoms with Crippen molar-refractivity contribution in [3.05, 3.63) is 88.4 Å². The summed E-state index contributed by atoms with van der Waals surface area (Å²) >= 11 is 1.38. The van der Waals surface area contributed by atoms with E-state index >= 15 is 0 Å². The van der Waals surface area contributed by atoms with Crippen LogP contribution >= 0.6 is 11.3 Å². The zero-order chi connectivity index (χ0) is 29.8. The van der Waals surface area contributed by atoms with Crippen LogP contribution in [-0.2, 0) is 38.0 Å². The van der Waals surface area contributed by atoms with Crippen molar-refractivity contribution in [1.82, 2.24) is 15.5 Å². The number of aromatic nitrogens is 2. The van der Waals surface area contributed by atoms with Crippen LogP contribution in [0.15, 0.2) is 72.2 Å². The molecule has 1 aliphatic rings. The SMILES string of the molecule is CC1C=CC=CC1CC(=O)Nc1nnc(CCCC/C(N)=C/C=C(\N)NC(=O)Cc2cccc(CS(C)(=O)=O)c2)s1. The standard InChI is InChI=1S/C29H38N6O4S2/c1-20-8-3-4-11-23(20)18-27(37)33-29-35-34-28(40-29)13-6-5-12-24(30)14-15-25(31)32-26(36)17-21-9-7-10-22(16-21)19-41(2,38)39/h3-4,7-11,14-16,20,23H,5-6,12-13,17-19,30-31H2,1-2H3,(H,32,36)(H,33,35,37)/b24-14-,25-15+.